The predicted octanol–water partition coefficient (Wildman–Crippen LogP) is -0.256. The number of fused-ring (bicyclic) bond motifs is 3. The van der Waals surface area contributed by atoms with Gasteiger partial charge in [0, 0.05) is 23.0 Å². The summed E-state index contributed by atoms with van der Waals surface area (Å²) in [5.74, 6) is -0.822. The van der Waals surface area contributed by atoms with Crippen LogP contribution in [0.2, 0.25) is 0 Å². The van der Waals surface area contributed by atoms with Crippen molar-refractivity contribution in [1.29, 1.82) is 0 Å². The number of carbonyl (C=O) groups is 1. The molecule has 2 heterocycles. The molecular formula is C14H15N2NaO2S2. The molecule has 0 spiro atoms. The van der Waals surface area contributed by atoms with Crippen LogP contribution in [0.4, 0.5) is 0 Å². The molecule has 0 bridgehead atoms. The van der Waals surface area contributed by atoms with E-state index >= 15 is 0 Å². The molecular weight excluding hydrogens is 315 g/mol. The number of aliphatic carboxylic acids is 1. The number of benzene rings is 1. The zero-order valence-electron chi connectivity index (χ0n) is 12.9. The van der Waals surface area contributed by atoms with E-state index in [0.717, 1.165) is 22.2 Å². The van der Waals surface area contributed by atoms with Gasteiger partial charge in [0.25, 0.3) is 0 Å². The van der Waals surface area contributed by atoms with Crippen LogP contribution in [-0.2, 0) is 17.8 Å². The Balaban J connectivity index is 0.00000121. The van der Waals surface area contributed by atoms with Gasteiger partial charge in [-0.05, 0) is 17.9 Å². The van der Waals surface area contributed by atoms with Crippen molar-refractivity contribution in [3.63, 3.8) is 0 Å². The Morgan fingerprint density at radius 1 is 1.52 bits per heavy atom. The number of hydrogen-bond donors (Lipinski definition) is 2. The van der Waals surface area contributed by atoms with E-state index in [9.17, 15) is 9.90 Å². The third kappa shape index (κ3) is 3.00. The zero-order chi connectivity index (χ0) is 14.3. The van der Waals surface area contributed by atoms with E-state index in [2.05, 4.69) is 4.98 Å². The normalized spacial score (nSPS) is 17.2. The molecule has 0 saturated heterocycles. The average Bonchev–Trinajstić information content (AvgIpc) is 2.82. The van der Waals surface area contributed by atoms with Crippen LogP contribution < -0.4 is 29.6 Å². The van der Waals surface area contributed by atoms with Gasteiger partial charge >= 0.3 is 35.5 Å². The molecule has 1 aliphatic rings. The van der Waals surface area contributed by atoms with Gasteiger partial charge in [-0.15, -0.1) is 11.8 Å². The molecule has 0 fully saturated rings. The van der Waals surface area contributed by atoms with Crippen molar-refractivity contribution in [3.05, 3.63) is 35.5 Å². The number of rotatable bonds is 1. The van der Waals surface area contributed by atoms with Gasteiger partial charge in [-0.25, -0.2) is 4.79 Å². The van der Waals surface area contributed by atoms with Gasteiger partial charge in [0.05, 0.1) is 6.54 Å². The van der Waals surface area contributed by atoms with E-state index in [4.69, 9.17) is 12.2 Å². The Labute approximate surface area is 156 Å². The first kappa shape index (κ1) is 16.8. The first-order valence-corrected chi connectivity index (χ1v) is 7.91. The van der Waals surface area contributed by atoms with E-state index in [1.165, 1.54) is 11.8 Å². The van der Waals surface area contributed by atoms with Gasteiger partial charge in [0.2, 0.25) is 0 Å². The van der Waals surface area contributed by atoms with Gasteiger partial charge in [0.15, 0.2) is 0 Å². The van der Waals surface area contributed by atoms with Crippen molar-refractivity contribution in [3.8, 4) is 0 Å². The number of H-pyrrole nitrogens is 1. The summed E-state index contributed by atoms with van der Waals surface area (Å²) in [6.07, 6.45) is 2.36. The number of thioether (sulfide) groups is 1. The van der Waals surface area contributed by atoms with Crippen LogP contribution in [0.25, 0.3) is 10.9 Å². The van der Waals surface area contributed by atoms with Crippen LogP contribution in [-0.4, -0.2) is 37.6 Å². The standard InChI is InChI=1S/C14H14N2O2S2.Na.H/c1-20-14(19)16-7-11-9(6-12(16)13(17)18)8-4-2-3-5-10(8)15-11;;/h2-5,12,15H,6-7H2,1H3,(H,17,18);;/q;+1;-1. The van der Waals surface area contributed by atoms with Crippen molar-refractivity contribution in [1.82, 2.24) is 9.88 Å². The Morgan fingerprint density at radius 2 is 2.24 bits per heavy atom. The molecule has 0 aliphatic carbocycles. The SMILES string of the molecule is CSC(=S)N1Cc2[nH]c3ccccc3c2CC1C(=O)O.[H-].[Na+]. The molecule has 7 heteroatoms. The number of aromatic amines is 1. The Bertz CT molecular complexity index is 707. The second-order valence-corrected chi connectivity index (χ2v) is 6.22. The van der Waals surface area contributed by atoms with E-state index in [1.54, 1.807) is 4.90 Å². The molecule has 0 amide bonds. The molecule has 0 saturated carbocycles. The Kier molecular flexibility index (Phi) is 5.38. The number of para-hydroxylation sites is 1. The molecule has 1 aromatic heterocycles. The topological polar surface area (TPSA) is 56.3 Å². The third-order valence-corrected chi connectivity index (χ3v) is 5.02. The van der Waals surface area contributed by atoms with Gasteiger partial charge in [0.1, 0.15) is 10.4 Å². The molecule has 4 nitrogen and oxygen atoms in total. The monoisotopic (exact) mass is 330 g/mol. The fourth-order valence-electron chi connectivity index (χ4n) is 2.74. The molecule has 2 N–H and O–H groups in total. The number of nitrogens with zero attached hydrogens (tertiary/aromatic N) is 1. The number of nitrogens with one attached hydrogen (secondary N) is 1. The van der Waals surface area contributed by atoms with Gasteiger partial charge in [-0.1, -0.05) is 30.4 Å². The Morgan fingerprint density at radius 3 is 2.90 bits per heavy atom. The summed E-state index contributed by atoms with van der Waals surface area (Å²) in [5, 5.41) is 10.6. The minimum Gasteiger partial charge on any atom is -1.00 e. The van der Waals surface area contributed by atoms with Crippen molar-refractivity contribution < 1.29 is 40.9 Å². The second kappa shape index (κ2) is 6.71. The molecule has 1 aromatic carbocycles. The van der Waals surface area contributed by atoms with Gasteiger partial charge < -0.3 is 16.4 Å². The van der Waals surface area contributed by atoms with E-state index in [1.807, 2.05) is 30.5 Å². The summed E-state index contributed by atoms with van der Waals surface area (Å²) in [4.78, 5) is 16.7. The summed E-state index contributed by atoms with van der Waals surface area (Å²) in [6.45, 7) is 0.528. The minimum absolute atomic E-state index is 0. The summed E-state index contributed by atoms with van der Waals surface area (Å²) in [7, 11) is 0. The van der Waals surface area contributed by atoms with Crippen LogP contribution in [0.3, 0.4) is 0 Å². The summed E-state index contributed by atoms with van der Waals surface area (Å²) in [6, 6.07) is 7.42. The van der Waals surface area contributed by atoms with Crippen molar-refractivity contribution >= 4 is 45.2 Å². The molecule has 21 heavy (non-hydrogen) atoms. The number of thiocarbonyl (C=S) groups is 1. The summed E-state index contributed by atoms with van der Waals surface area (Å²) in [5.41, 5.74) is 3.23. The van der Waals surface area contributed by atoms with E-state index in [0.29, 0.717) is 17.3 Å². The molecule has 1 unspecified atom stereocenters. The number of aromatic nitrogens is 1. The Hall–Kier alpha value is -0.530. The fraction of sp³-hybridized carbons (Fsp3) is 0.286. The van der Waals surface area contributed by atoms with Crippen LogP contribution in [0.5, 0.6) is 0 Å². The quantitative estimate of drug-likeness (QED) is 0.558. The second-order valence-electron chi connectivity index (χ2n) is 4.78. The van der Waals surface area contributed by atoms with Crippen molar-refractivity contribution in [2.75, 3.05) is 6.26 Å². The van der Waals surface area contributed by atoms with E-state index in [-0.39, 0.29) is 31.0 Å². The smallest absolute Gasteiger partial charge is 1.00 e. The largest absolute Gasteiger partial charge is 1.00 e. The predicted molar refractivity (Wildman–Crippen MR) is 86.2 cm³/mol. The van der Waals surface area contributed by atoms with Crippen LogP contribution in [0, 0.1) is 0 Å². The third-order valence-electron chi connectivity index (χ3n) is 3.70. The minimum atomic E-state index is -0.822. The molecule has 106 valence electrons. The molecule has 1 aliphatic heterocycles. The maximum absolute atomic E-state index is 11.5. The average molecular weight is 330 g/mol. The summed E-state index contributed by atoms with van der Waals surface area (Å²) < 4.78 is 0.627. The van der Waals surface area contributed by atoms with Crippen molar-refractivity contribution in [2.24, 2.45) is 0 Å². The van der Waals surface area contributed by atoms with Crippen LogP contribution >= 0.6 is 24.0 Å². The van der Waals surface area contributed by atoms with Crippen molar-refractivity contribution in [2.45, 2.75) is 19.0 Å². The number of hydrogen-bond acceptors (Lipinski definition) is 3. The maximum atomic E-state index is 11.5. The van der Waals surface area contributed by atoms with Gasteiger partial charge in [-0.3, -0.25) is 0 Å². The maximum Gasteiger partial charge on any atom is 1.00 e. The molecule has 2 aromatic rings. The summed E-state index contributed by atoms with van der Waals surface area (Å²) >= 11 is 6.71. The van der Waals surface area contributed by atoms with Crippen LogP contribution in [0.15, 0.2) is 24.3 Å². The number of carboxylic acids is 1. The molecule has 0 radical (unpaired) electrons. The molecule has 3 rings (SSSR count). The first-order valence-electron chi connectivity index (χ1n) is 6.27. The molecule has 1 atom stereocenters. The number of carboxylic acid groups (broad SMARTS) is 1. The zero-order valence-corrected chi connectivity index (χ0v) is 15.6. The van der Waals surface area contributed by atoms with Gasteiger partial charge in [-0.2, -0.15) is 0 Å². The fourth-order valence-corrected chi connectivity index (χ4v) is 3.36. The first-order chi connectivity index (χ1) is 9.61. The van der Waals surface area contributed by atoms with Crippen LogP contribution in [0.1, 0.15) is 12.7 Å². The van der Waals surface area contributed by atoms with E-state index < -0.39 is 12.0 Å².